The third-order valence-electron chi connectivity index (χ3n) is 2.27. The van der Waals surface area contributed by atoms with Crippen LogP contribution in [0.4, 0.5) is 0 Å². The van der Waals surface area contributed by atoms with Crippen LogP contribution in [0, 0.1) is 0 Å². The first-order chi connectivity index (χ1) is 8.06. The summed E-state index contributed by atoms with van der Waals surface area (Å²) in [5.41, 5.74) is 0. The molecule has 0 fully saturated rings. The third kappa shape index (κ3) is 3.89. The molecular formula is C11H14BrNO4. The summed E-state index contributed by atoms with van der Waals surface area (Å²) in [6.07, 6.45) is 3.40. The maximum absolute atomic E-state index is 11.7. The van der Waals surface area contributed by atoms with Crippen molar-refractivity contribution in [3.8, 4) is 0 Å². The number of furan rings is 1. The molecule has 0 aliphatic rings. The number of hydrogen-bond acceptors (Lipinski definition) is 3. The average Bonchev–Trinajstić information content (AvgIpc) is 2.70. The van der Waals surface area contributed by atoms with Crippen LogP contribution in [0.1, 0.15) is 36.7 Å². The molecule has 1 atom stereocenters. The molecule has 0 aromatic carbocycles. The molecule has 1 unspecified atom stereocenters. The number of rotatable bonds is 6. The minimum Gasteiger partial charge on any atom is -0.480 e. The van der Waals surface area contributed by atoms with Crippen molar-refractivity contribution in [3.63, 3.8) is 0 Å². The fourth-order valence-electron chi connectivity index (χ4n) is 1.35. The van der Waals surface area contributed by atoms with E-state index in [-0.39, 0.29) is 5.76 Å². The zero-order chi connectivity index (χ0) is 12.8. The van der Waals surface area contributed by atoms with E-state index in [4.69, 9.17) is 9.52 Å². The molecule has 6 heteroatoms. The summed E-state index contributed by atoms with van der Waals surface area (Å²) in [4.78, 5) is 22.6. The zero-order valence-electron chi connectivity index (χ0n) is 9.40. The summed E-state index contributed by atoms with van der Waals surface area (Å²) < 4.78 is 5.47. The van der Waals surface area contributed by atoms with Gasteiger partial charge in [-0.3, -0.25) is 4.79 Å². The highest BCUT2D eigenvalue weighted by atomic mass is 79.9. The van der Waals surface area contributed by atoms with Crippen LogP contribution in [0.3, 0.4) is 0 Å². The van der Waals surface area contributed by atoms with Crippen LogP contribution in [0.2, 0.25) is 0 Å². The lowest BCUT2D eigenvalue weighted by molar-refractivity contribution is -0.139. The number of carbonyl (C=O) groups is 2. The molecule has 1 rings (SSSR count). The van der Waals surface area contributed by atoms with E-state index in [0.29, 0.717) is 10.9 Å². The Bertz CT molecular complexity index is 402. The second-order valence-corrected chi connectivity index (χ2v) is 4.46. The fourth-order valence-corrected chi connectivity index (χ4v) is 1.73. The Morgan fingerprint density at radius 2 is 2.29 bits per heavy atom. The highest BCUT2D eigenvalue weighted by Crippen LogP contribution is 2.17. The van der Waals surface area contributed by atoms with Crippen molar-refractivity contribution < 1.29 is 19.1 Å². The van der Waals surface area contributed by atoms with Crippen molar-refractivity contribution in [2.75, 3.05) is 0 Å². The lowest BCUT2D eigenvalue weighted by Gasteiger charge is -2.13. The first-order valence-corrected chi connectivity index (χ1v) is 6.12. The van der Waals surface area contributed by atoms with Crippen LogP contribution in [0.15, 0.2) is 21.2 Å². The van der Waals surface area contributed by atoms with Gasteiger partial charge in [0.15, 0.2) is 0 Å². The van der Waals surface area contributed by atoms with Gasteiger partial charge >= 0.3 is 5.97 Å². The molecule has 0 aliphatic carbocycles. The zero-order valence-corrected chi connectivity index (χ0v) is 11.0. The minimum atomic E-state index is -1.03. The number of hydrogen-bond donors (Lipinski definition) is 2. The molecule has 1 aromatic heterocycles. The molecule has 5 nitrogen and oxygen atoms in total. The monoisotopic (exact) mass is 303 g/mol. The van der Waals surface area contributed by atoms with Gasteiger partial charge in [-0.25, -0.2) is 4.79 Å². The average molecular weight is 304 g/mol. The Morgan fingerprint density at radius 3 is 2.76 bits per heavy atom. The van der Waals surface area contributed by atoms with Crippen molar-refractivity contribution in [3.05, 3.63) is 22.6 Å². The van der Waals surface area contributed by atoms with E-state index in [1.54, 1.807) is 6.07 Å². The second kappa shape index (κ2) is 6.44. The number of carboxylic acids is 1. The van der Waals surface area contributed by atoms with E-state index in [9.17, 15) is 9.59 Å². The quantitative estimate of drug-likeness (QED) is 0.846. The number of nitrogens with one attached hydrogen (secondary N) is 1. The van der Waals surface area contributed by atoms with Crippen LogP contribution in [-0.2, 0) is 4.79 Å². The highest BCUT2D eigenvalue weighted by molar-refractivity contribution is 9.10. The number of unbranched alkanes of at least 4 members (excludes halogenated alkanes) is 1. The smallest absolute Gasteiger partial charge is 0.326 e. The molecule has 2 N–H and O–H groups in total. The van der Waals surface area contributed by atoms with E-state index in [1.807, 2.05) is 6.92 Å². The van der Waals surface area contributed by atoms with E-state index in [2.05, 4.69) is 21.2 Å². The molecule has 0 saturated carbocycles. The van der Waals surface area contributed by atoms with Crippen LogP contribution in [-0.4, -0.2) is 23.0 Å². The Balaban J connectivity index is 2.64. The van der Waals surface area contributed by atoms with Gasteiger partial charge in [0.25, 0.3) is 5.91 Å². The Kier molecular flexibility index (Phi) is 5.21. The van der Waals surface area contributed by atoms with Gasteiger partial charge in [0.2, 0.25) is 5.76 Å². The third-order valence-corrected chi connectivity index (χ3v) is 2.90. The predicted octanol–water partition coefficient (Wildman–Crippen LogP) is 2.42. The van der Waals surface area contributed by atoms with Gasteiger partial charge in [0, 0.05) is 0 Å². The van der Waals surface area contributed by atoms with Crippen molar-refractivity contribution in [2.24, 2.45) is 0 Å². The van der Waals surface area contributed by atoms with Gasteiger partial charge in [-0.05, 0) is 28.4 Å². The molecule has 0 bridgehead atoms. The van der Waals surface area contributed by atoms with Gasteiger partial charge in [0.1, 0.15) is 6.04 Å². The largest absolute Gasteiger partial charge is 0.480 e. The molecule has 0 saturated heterocycles. The number of amides is 1. The normalized spacial score (nSPS) is 12.1. The molecule has 17 heavy (non-hydrogen) atoms. The van der Waals surface area contributed by atoms with Gasteiger partial charge < -0.3 is 14.8 Å². The van der Waals surface area contributed by atoms with Crippen LogP contribution in [0.25, 0.3) is 0 Å². The van der Waals surface area contributed by atoms with Gasteiger partial charge in [-0.1, -0.05) is 19.8 Å². The maximum Gasteiger partial charge on any atom is 0.326 e. The Morgan fingerprint density at radius 1 is 1.59 bits per heavy atom. The minimum absolute atomic E-state index is 0.0905. The summed E-state index contributed by atoms with van der Waals surface area (Å²) in [6.45, 7) is 1.96. The molecule has 0 spiro atoms. The van der Waals surface area contributed by atoms with Crippen LogP contribution in [0.5, 0.6) is 0 Å². The van der Waals surface area contributed by atoms with E-state index in [0.717, 1.165) is 12.8 Å². The summed E-state index contributed by atoms with van der Waals surface area (Å²) in [5, 5.41) is 11.4. The summed E-state index contributed by atoms with van der Waals surface area (Å²) in [5.74, 6) is -1.47. The fraction of sp³-hybridized carbons (Fsp3) is 0.455. The summed E-state index contributed by atoms with van der Waals surface area (Å²) >= 11 is 3.14. The first-order valence-electron chi connectivity index (χ1n) is 5.33. The first kappa shape index (κ1) is 13.8. The van der Waals surface area contributed by atoms with Crippen molar-refractivity contribution in [1.82, 2.24) is 5.32 Å². The molecule has 0 aliphatic heterocycles. The number of aliphatic carboxylic acids is 1. The van der Waals surface area contributed by atoms with E-state index in [1.165, 1.54) is 6.26 Å². The number of carboxylic acid groups (broad SMARTS) is 1. The van der Waals surface area contributed by atoms with Crippen LogP contribution < -0.4 is 5.32 Å². The van der Waals surface area contributed by atoms with Crippen LogP contribution >= 0.6 is 15.9 Å². The van der Waals surface area contributed by atoms with E-state index < -0.39 is 17.9 Å². The topological polar surface area (TPSA) is 79.5 Å². The SMILES string of the molecule is CCCCC(NC(=O)c1occc1Br)C(=O)O. The van der Waals surface area contributed by atoms with Gasteiger partial charge in [0.05, 0.1) is 10.7 Å². The number of carbonyl (C=O) groups excluding carboxylic acids is 1. The lowest BCUT2D eigenvalue weighted by atomic mass is 10.1. The molecule has 1 amide bonds. The van der Waals surface area contributed by atoms with Crippen molar-refractivity contribution in [1.29, 1.82) is 0 Å². The number of halogens is 1. The van der Waals surface area contributed by atoms with Crippen molar-refractivity contribution >= 4 is 27.8 Å². The molecule has 0 radical (unpaired) electrons. The molecule has 94 valence electrons. The summed E-state index contributed by atoms with van der Waals surface area (Å²) in [7, 11) is 0. The lowest BCUT2D eigenvalue weighted by Crippen LogP contribution is -2.40. The van der Waals surface area contributed by atoms with E-state index >= 15 is 0 Å². The standard InChI is InChI=1S/C11H14BrNO4/c1-2-3-4-8(11(15)16)13-10(14)9-7(12)5-6-17-9/h5-6,8H,2-4H2,1H3,(H,13,14)(H,15,16). The van der Waals surface area contributed by atoms with Crippen molar-refractivity contribution in [2.45, 2.75) is 32.2 Å². The Labute approximate surface area is 107 Å². The van der Waals surface area contributed by atoms with Gasteiger partial charge in [-0.2, -0.15) is 0 Å². The molecular weight excluding hydrogens is 290 g/mol. The summed E-state index contributed by atoms with van der Waals surface area (Å²) in [6, 6.07) is 0.705. The second-order valence-electron chi connectivity index (χ2n) is 3.60. The van der Waals surface area contributed by atoms with Gasteiger partial charge in [-0.15, -0.1) is 0 Å². The maximum atomic E-state index is 11.7. The molecule has 1 heterocycles. The highest BCUT2D eigenvalue weighted by Gasteiger charge is 2.22. The molecule has 1 aromatic rings. The Hall–Kier alpha value is -1.30. The predicted molar refractivity (Wildman–Crippen MR) is 64.8 cm³/mol.